The Morgan fingerprint density at radius 2 is 1.48 bits per heavy atom. The lowest BCUT2D eigenvalue weighted by Gasteiger charge is -2.18. The van der Waals surface area contributed by atoms with Gasteiger partial charge in [0, 0.05) is 30.3 Å². The maximum absolute atomic E-state index is 11.8. The number of unbranched alkanes of at least 4 members (excludes halogenated alkanes) is 5. The van der Waals surface area contributed by atoms with Crippen LogP contribution in [-0.2, 0) is 23.1 Å². The summed E-state index contributed by atoms with van der Waals surface area (Å²) in [6.45, 7) is 2.42. The van der Waals surface area contributed by atoms with Crippen LogP contribution < -0.4 is 0 Å². The van der Waals surface area contributed by atoms with Gasteiger partial charge < -0.3 is 9.47 Å². The molecule has 0 aliphatic carbocycles. The van der Waals surface area contributed by atoms with Crippen molar-refractivity contribution < 1.29 is 23.1 Å². The highest BCUT2D eigenvalue weighted by atomic mass is 79.9. The molecule has 0 aromatic carbocycles. The average molecular weight is 522 g/mol. The molecule has 29 heavy (non-hydrogen) atoms. The van der Waals surface area contributed by atoms with Gasteiger partial charge >= 0.3 is 6.95 Å². The fraction of sp³-hybridized carbons (Fsp3) is 1.00. The van der Waals surface area contributed by atoms with Gasteiger partial charge in [0.1, 0.15) is 6.10 Å². The lowest BCUT2D eigenvalue weighted by molar-refractivity contribution is -0.0169. The van der Waals surface area contributed by atoms with Crippen molar-refractivity contribution >= 4 is 34.1 Å². The molecule has 0 N–H and O–H groups in total. The highest BCUT2D eigenvalue weighted by Gasteiger charge is 2.23. The Morgan fingerprint density at radius 1 is 0.862 bits per heavy atom. The summed E-state index contributed by atoms with van der Waals surface area (Å²) in [6.07, 6.45) is 14.1. The van der Waals surface area contributed by atoms with Crippen molar-refractivity contribution in [2.24, 2.45) is 5.92 Å². The lowest BCUT2D eigenvalue weighted by atomic mass is 9.91. The minimum Gasteiger partial charge on any atom is -0.379 e. The Morgan fingerprint density at radius 3 is 2.07 bits per heavy atom. The summed E-state index contributed by atoms with van der Waals surface area (Å²) in [4.78, 5) is 0. The summed E-state index contributed by atoms with van der Waals surface area (Å²) in [5, 5.41) is 0.544. The van der Waals surface area contributed by atoms with E-state index in [1.54, 1.807) is 7.11 Å². The second-order valence-electron chi connectivity index (χ2n) is 7.53. The van der Waals surface area contributed by atoms with Crippen LogP contribution in [0, 0.1) is 5.92 Å². The molecule has 0 aromatic rings. The van der Waals surface area contributed by atoms with Crippen LogP contribution in [0.5, 0.6) is 0 Å². The number of hydrogen-bond donors (Lipinski definition) is 0. The Bertz CT molecular complexity index is 395. The minimum absolute atomic E-state index is 0.0798. The standard InChI is InChI=1S/C21H43BrClO5P/c1-4-6-12-20(13-7-5-2)14-10-8-9-11-16-26-18-21(25-3)19-28-29(23,24)27-17-15-22/h20-21H,4-19H2,1-3H3. The van der Waals surface area contributed by atoms with Gasteiger partial charge in [0.2, 0.25) is 0 Å². The van der Waals surface area contributed by atoms with Gasteiger partial charge in [-0.25, -0.2) is 4.57 Å². The number of methoxy groups -OCH3 is 1. The van der Waals surface area contributed by atoms with Crippen molar-refractivity contribution in [3.8, 4) is 0 Å². The first kappa shape index (κ1) is 29.8. The zero-order chi connectivity index (χ0) is 21.8. The van der Waals surface area contributed by atoms with Crippen LogP contribution in [0.3, 0.4) is 0 Å². The van der Waals surface area contributed by atoms with Crippen molar-refractivity contribution in [2.45, 2.75) is 90.6 Å². The second kappa shape index (κ2) is 20.7. The molecule has 0 rings (SSSR count). The fourth-order valence-corrected chi connectivity index (χ4v) is 4.68. The fourth-order valence-electron chi connectivity index (χ4n) is 3.16. The van der Waals surface area contributed by atoms with E-state index >= 15 is 0 Å². The predicted octanol–water partition coefficient (Wildman–Crippen LogP) is 7.74. The maximum Gasteiger partial charge on any atom is 0.424 e. The van der Waals surface area contributed by atoms with Gasteiger partial charge in [-0.1, -0.05) is 94.0 Å². The van der Waals surface area contributed by atoms with E-state index < -0.39 is 6.95 Å². The van der Waals surface area contributed by atoms with E-state index in [0.717, 1.165) is 12.3 Å². The van der Waals surface area contributed by atoms with Gasteiger partial charge in [0.15, 0.2) is 0 Å². The Kier molecular flexibility index (Phi) is 21.3. The monoisotopic (exact) mass is 520 g/mol. The first-order valence-corrected chi connectivity index (χ1v) is 14.8. The highest BCUT2D eigenvalue weighted by Crippen LogP contribution is 2.53. The first-order chi connectivity index (χ1) is 14.0. The van der Waals surface area contributed by atoms with Crippen LogP contribution in [0.2, 0.25) is 0 Å². The summed E-state index contributed by atoms with van der Waals surface area (Å²) in [5.41, 5.74) is 0. The summed E-state index contributed by atoms with van der Waals surface area (Å²) in [5.74, 6) is 0.921. The lowest BCUT2D eigenvalue weighted by Crippen LogP contribution is -2.24. The van der Waals surface area contributed by atoms with Crippen molar-refractivity contribution in [2.75, 3.05) is 38.9 Å². The van der Waals surface area contributed by atoms with Crippen molar-refractivity contribution in [1.29, 1.82) is 0 Å². The van der Waals surface area contributed by atoms with Gasteiger partial charge in [0.25, 0.3) is 0 Å². The number of rotatable bonds is 22. The van der Waals surface area contributed by atoms with Gasteiger partial charge in [-0.2, -0.15) is 0 Å². The Hall–Kier alpha value is 0.840. The summed E-state index contributed by atoms with van der Waals surface area (Å²) >= 11 is 8.90. The quantitative estimate of drug-likeness (QED) is 0.0828. The van der Waals surface area contributed by atoms with Gasteiger partial charge in [-0.15, -0.1) is 0 Å². The molecule has 0 saturated heterocycles. The molecule has 2 atom stereocenters. The van der Waals surface area contributed by atoms with Crippen LogP contribution in [-0.4, -0.2) is 45.0 Å². The molecular weight excluding hydrogens is 479 g/mol. The second-order valence-corrected chi connectivity index (χ2v) is 10.9. The molecule has 0 saturated carbocycles. The Balaban J connectivity index is 3.76. The Labute approximate surface area is 192 Å². The average Bonchev–Trinajstić information content (AvgIpc) is 2.71. The molecule has 2 unspecified atom stereocenters. The number of halogens is 2. The molecule has 0 aliphatic rings. The van der Waals surface area contributed by atoms with Crippen molar-refractivity contribution in [1.82, 2.24) is 0 Å². The van der Waals surface area contributed by atoms with E-state index in [2.05, 4.69) is 29.8 Å². The SMILES string of the molecule is CCCCC(CCCC)CCCCCCOCC(COP(=O)(Cl)OCCBr)OC. The number of alkyl halides is 1. The summed E-state index contributed by atoms with van der Waals surface area (Å²) in [6, 6.07) is 0. The van der Waals surface area contributed by atoms with E-state index in [0.29, 0.717) is 18.5 Å². The minimum atomic E-state index is -3.55. The molecule has 0 fully saturated rings. The zero-order valence-electron chi connectivity index (χ0n) is 18.7. The number of ether oxygens (including phenoxy) is 2. The van der Waals surface area contributed by atoms with Crippen LogP contribution in [0.25, 0.3) is 0 Å². The summed E-state index contributed by atoms with van der Waals surface area (Å²) < 4.78 is 32.9. The van der Waals surface area contributed by atoms with Crippen LogP contribution >= 0.6 is 34.1 Å². The maximum atomic E-state index is 11.8. The largest absolute Gasteiger partial charge is 0.424 e. The zero-order valence-corrected chi connectivity index (χ0v) is 21.9. The van der Waals surface area contributed by atoms with E-state index in [1.165, 1.54) is 64.2 Å². The van der Waals surface area contributed by atoms with Crippen LogP contribution in [0.4, 0.5) is 0 Å². The smallest absolute Gasteiger partial charge is 0.379 e. The normalized spacial score (nSPS) is 15.0. The van der Waals surface area contributed by atoms with E-state index in [4.69, 9.17) is 29.8 Å². The molecule has 176 valence electrons. The molecule has 8 heteroatoms. The molecular formula is C21H43BrClO5P. The van der Waals surface area contributed by atoms with Crippen LogP contribution in [0.1, 0.15) is 84.5 Å². The molecule has 0 aromatic heterocycles. The summed E-state index contributed by atoms with van der Waals surface area (Å²) in [7, 11) is 1.57. The molecule has 0 bridgehead atoms. The topological polar surface area (TPSA) is 54.0 Å². The molecule has 0 amide bonds. The van der Waals surface area contributed by atoms with Crippen molar-refractivity contribution in [3.05, 3.63) is 0 Å². The number of hydrogen-bond acceptors (Lipinski definition) is 5. The van der Waals surface area contributed by atoms with Crippen LogP contribution in [0.15, 0.2) is 0 Å². The third kappa shape index (κ3) is 19.3. The predicted molar refractivity (Wildman–Crippen MR) is 126 cm³/mol. The molecule has 0 radical (unpaired) electrons. The highest BCUT2D eigenvalue weighted by molar-refractivity contribution is 9.09. The third-order valence-electron chi connectivity index (χ3n) is 4.96. The van der Waals surface area contributed by atoms with E-state index in [-0.39, 0.29) is 19.3 Å². The molecule has 5 nitrogen and oxygen atoms in total. The van der Waals surface area contributed by atoms with E-state index in [1.807, 2.05) is 0 Å². The first-order valence-electron chi connectivity index (χ1n) is 11.2. The molecule has 0 spiro atoms. The van der Waals surface area contributed by atoms with Gasteiger partial charge in [-0.3, -0.25) is 9.05 Å². The molecule has 0 aliphatic heterocycles. The van der Waals surface area contributed by atoms with Crippen molar-refractivity contribution in [3.63, 3.8) is 0 Å². The van der Waals surface area contributed by atoms with E-state index in [9.17, 15) is 4.57 Å². The van der Waals surface area contributed by atoms with Gasteiger partial charge in [0.05, 0.1) is 19.8 Å². The third-order valence-corrected chi connectivity index (χ3v) is 6.81. The molecule has 0 heterocycles. The van der Waals surface area contributed by atoms with Gasteiger partial charge in [-0.05, 0) is 12.3 Å².